The maximum atomic E-state index is 13.4. The number of imide groups is 1. The molecule has 29 heavy (non-hydrogen) atoms. The number of anilines is 1. The largest absolute Gasteiger partial charge is 0.465 e. The number of fused-ring (bicyclic) bond motifs is 1. The summed E-state index contributed by atoms with van der Waals surface area (Å²) in [6.07, 6.45) is 0. The first-order chi connectivity index (χ1) is 13.9. The van der Waals surface area contributed by atoms with Crippen LogP contribution >= 0.6 is 0 Å². The molecule has 6 nitrogen and oxygen atoms in total. The van der Waals surface area contributed by atoms with Gasteiger partial charge >= 0.3 is 5.97 Å². The lowest BCUT2D eigenvalue weighted by Crippen LogP contribution is -2.54. The Bertz CT molecular complexity index is 957. The summed E-state index contributed by atoms with van der Waals surface area (Å²) in [5.74, 6) is -2.69. The molecule has 0 unspecified atom stereocenters. The van der Waals surface area contributed by atoms with Crippen molar-refractivity contribution in [1.29, 1.82) is 0 Å². The normalized spacial score (nSPS) is 28.5. The van der Waals surface area contributed by atoms with Crippen LogP contribution in [0.25, 0.3) is 0 Å². The smallest absolute Gasteiger partial charge is 0.326 e. The van der Waals surface area contributed by atoms with Gasteiger partial charge in [-0.3, -0.25) is 19.7 Å². The SMILES string of the molecule is CCOC(=O)[C@]1(C)N[C@H](c2ccc(C)cc2)[C@H]2C(=O)N(c3ccccc3)C(=O)[C@H]21. The molecular formula is C23H24N2O4. The Morgan fingerprint density at radius 2 is 1.72 bits per heavy atom. The highest BCUT2D eigenvalue weighted by Crippen LogP contribution is 2.49. The highest BCUT2D eigenvalue weighted by atomic mass is 16.5. The molecule has 4 atom stereocenters. The molecule has 2 aliphatic rings. The minimum Gasteiger partial charge on any atom is -0.465 e. The van der Waals surface area contributed by atoms with Crippen LogP contribution in [0.1, 0.15) is 31.0 Å². The van der Waals surface area contributed by atoms with E-state index in [4.69, 9.17) is 4.74 Å². The monoisotopic (exact) mass is 392 g/mol. The Balaban J connectivity index is 1.81. The van der Waals surface area contributed by atoms with Gasteiger partial charge in [0.25, 0.3) is 0 Å². The van der Waals surface area contributed by atoms with Crippen molar-refractivity contribution in [3.63, 3.8) is 0 Å². The topological polar surface area (TPSA) is 75.7 Å². The van der Waals surface area contributed by atoms with Crippen molar-refractivity contribution < 1.29 is 19.1 Å². The molecule has 2 saturated heterocycles. The van der Waals surface area contributed by atoms with E-state index in [9.17, 15) is 14.4 Å². The first kappa shape index (κ1) is 19.3. The Hall–Kier alpha value is -2.99. The Labute approximate surface area is 169 Å². The van der Waals surface area contributed by atoms with E-state index >= 15 is 0 Å². The quantitative estimate of drug-likeness (QED) is 0.640. The van der Waals surface area contributed by atoms with Gasteiger partial charge in [0.05, 0.1) is 24.1 Å². The Morgan fingerprint density at radius 1 is 1.07 bits per heavy atom. The minimum absolute atomic E-state index is 0.202. The zero-order valence-corrected chi connectivity index (χ0v) is 16.7. The van der Waals surface area contributed by atoms with E-state index in [1.165, 1.54) is 4.90 Å². The van der Waals surface area contributed by atoms with Crippen molar-refractivity contribution >= 4 is 23.5 Å². The summed E-state index contributed by atoms with van der Waals surface area (Å²) in [5, 5.41) is 3.28. The maximum absolute atomic E-state index is 13.4. The first-order valence-electron chi connectivity index (χ1n) is 9.83. The molecule has 2 amide bonds. The van der Waals surface area contributed by atoms with E-state index in [-0.39, 0.29) is 18.4 Å². The number of amides is 2. The standard InChI is InChI=1S/C23H24N2O4/c1-4-29-22(28)23(3)18-17(19(24-23)15-12-10-14(2)11-13-15)20(26)25(21(18)27)16-8-6-5-7-9-16/h5-13,17-19,24H,4H2,1-3H3/t17-,18-,19+,23+/m0/s1. The number of nitrogens with zero attached hydrogens (tertiary/aromatic N) is 1. The molecule has 2 aliphatic heterocycles. The third kappa shape index (κ3) is 2.95. The van der Waals surface area contributed by atoms with E-state index in [0.29, 0.717) is 5.69 Å². The number of esters is 1. The molecule has 2 fully saturated rings. The van der Waals surface area contributed by atoms with E-state index in [1.807, 2.05) is 37.3 Å². The van der Waals surface area contributed by atoms with Gasteiger partial charge in [0.2, 0.25) is 11.8 Å². The second-order valence-electron chi connectivity index (χ2n) is 7.81. The van der Waals surface area contributed by atoms with Crippen LogP contribution < -0.4 is 10.2 Å². The van der Waals surface area contributed by atoms with E-state index < -0.39 is 29.4 Å². The number of aryl methyl sites for hydroxylation is 1. The zero-order valence-electron chi connectivity index (χ0n) is 16.7. The Morgan fingerprint density at radius 3 is 2.34 bits per heavy atom. The highest BCUT2D eigenvalue weighted by molar-refractivity contribution is 6.24. The number of hydrogen-bond acceptors (Lipinski definition) is 5. The summed E-state index contributed by atoms with van der Waals surface area (Å²) in [7, 11) is 0. The van der Waals surface area contributed by atoms with Crippen LogP contribution in [0.2, 0.25) is 0 Å². The molecule has 0 bridgehead atoms. The van der Waals surface area contributed by atoms with Gasteiger partial charge in [0.1, 0.15) is 5.54 Å². The van der Waals surface area contributed by atoms with Crippen LogP contribution in [-0.2, 0) is 19.1 Å². The summed E-state index contributed by atoms with van der Waals surface area (Å²) < 4.78 is 5.28. The van der Waals surface area contributed by atoms with Crippen molar-refractivity contribution in [3.8, 4) is 0 Å². The fraction of sp³-hybridized carbons (Fsp3) is 0.348. The van der Waals surface area contributed by atoms with Gasteiger partial charge in [-0.15, -0.1) is 0 Å². The summed E-state index contributed by atoms with van der Waals surface area (Å²) in [6.45, 7) is 5.57. The lowest BCUT2D eigenvalue weighted by atomic mass is 9.80. The number of benzene rings is 2. The predicted octanol–water partition coefficient (Wildman–Crippen LogP) is 2.77. The van der Waals surface area contributed by atoms with Crippen molar-refractivity contribution in [2.45, 2.75) is 32.4 Å². The lowest BCUT2D eigenvalue weighted by Gasteiger charge is -2.29. The van der Waals surface area contributed by atoms with Gasteiger partial charge in [-0.25, -0.2) is 4.90 Å². The van der Waals surface area contributed by atoms with Crippen LogP contribution in [-0.4, -0.2) is 29.9 Å². The van der Waals surface area contributed by atoms with Crippen LogP contribution in [0, 0.1) is 18.8 Å². The summed E-state index contributed by atoms with van der Waals surface area (Å²) in [5.41, 5.74) is 1.20. The second kappa shape index (κ2) is 7.12. The van der Waals surface area contributed by atoms with Crippen molar-refractivity contribution in [3.05, 3.63) is 65.7 Å². The molecule has 150 valence electrons. The predicted molar refractivity (Wildman–Crippen MR) is 108 cm³/mol. The number of carbonyl (C=O) groups is 3. The van der Waals surface area contributed by atoms with Gasteiger partial charge in [-0.1, -0.05) is 48.0 Å². The summed E-state index contributed by atoms with van der Waals surface area (Å²) in [4.78, 5) is 40.9. The molecule has 0 spiro atoms. The number of carbonyl (C=O) groups excluding carboxylic acids is 3. The van der Waals surface area contributed by atoms with Gasteiger partial charge in [-0.05, 0) is 38.5 Å². The lowest BCUT2D eigenvalue weighted by molar-refractivity contribution is -0.153. The molecular weight excluding hydrogens is 368 g/mol. The van der Waals surface area contributed by atoms with Crippen LogP contribution in [0.15, 0.2) is 54.6 Å². The maximum Gasteiger partial charge on any atom is 0.326 e. The van der Waals surface area contributed by atoms with Crippen molar-refractivity contribution in [1.82, 2.24) is 5.32 Å². The van der Waals surface area contributed by atoms with Gasteiger partial charge in [0, 0.05) is 6.04 Å². The average Bonchev–Trinajstić information content (AvgIpc) is 3.17. The van der Waals surface area contributed by atoms with E-state index in [0.717, 1.165) is 11.1 Å². The molecule has 2 aromatic rings. The minimum atomic E-state index is -1.29. The van der Waals surface area contributed by atoms with Crippen molar-refractivity contribution in [2.24, 2.45) is 11.8 Å². The number of hydrogen-bond donors (Lipinski definition) is 1. The van der Waals surface area contributed by atoms with Crippen LogP contribution in [0.3, 0.4) is 0 Å². The molecule has 0 aliphatic carbocycles. The van der Waals surface area contributed by atoms with Gasteiger partial charge in [0.15, 0.2) is 0 Å². The van der Waals surface area contributed by atoms with Crippen molar-refractivity contribution in [2.75, 3.05) is 11.5 Å². The van der Waals surface area contributed by atoms with Gasteiger partial charge in [-0.2, -0.15) is 0 Å². The molecule has 0 saturated carbocycles. The number of ether oxygens (including phenoxy) is 1. The molecule has 4 rings (SSSR count). The molecule has 0 radical (unpaired) electrons. The van der Waals surface area contributed by atoms with Crippen LogP contribution in [0.5, 0.6) is 0 Å². The highest BCUT2D eigenvalue weighted by Gasteiger charge is 2.67. The van der Waals surface area contributed by atoms with Gasteiger partial charge < -0.3 is 4.74 Å². The molecule has 2 heterocycles. The van der Waals surface area contributed by atoms with Crippen LogP contribution in [0.4, 0.5) is 5.69 Å². The van der Waals surface area contributed by atoms with E-state index in [2.05, 4.69) is 5.32 Å². The fourth-order valence-electron chi connectivity index (χ4n) is 4.50. The van der Waals surface area contributed by atoms with E-state index in [1.54, 1.807) is 38.1 Å². The average molecular weight is 392 g/mol. The summed E-state index contributed by atoms with van der Waals surface area (Å²) >= 11 is 0. The number of nitrogens with one attached hydrogen (secondary N) is 1. The fourth-order valence-corrected chi connectivity index (χ4v) is 4.50. The number of para-hydroxylation sites is 1. The third-order valence-corrected chi connectivity index (χ3v) is 5.94. The molecule has 2 aromatic carbocycles. The molecule has 1 N–H and O–H groups in total. The second-order valence-corrected chi connectivity index (χ2v) is 7.81. The first-order valence-corrected chi connectivity index (χ1v) is 9.83. The number of rotatable bonds is 4. The molecule has 6 heteroatoms. The zero-order chi connectivity index (χ0) is 20.8. The third-order valence-electron chi connectivity index (χ3n) is 5.94. The molecule has 0 aromatic heterocycles. The summed E-state index contributed by atoms with van der Waals surface area (Å²) in [6, 6.07) is 16.2. The Kier molecular flexibility index (Phi) is 4.74.